The van der Waals surface area contributed by atoms with Crippen LogP contribution in [0.15, 0.2) is 24.3 Å². The van der Waals surface area contributed by atoms with E-state index in [-0.39, 0.29) is 5.60 Å². The second-order valence-electron chi connectivity index (χ2n) is 5.50. The van der Waals surface area contributed by atoms with Crippen LogP contribution in [0, 0.1) is 0 Å². The van der Waals surface area contributed by atoms with Gasteiger partial charge in [-0.15, -0.1) is 0 Å². The molecule has 2 unspecified atom stereocenters. The van der Waals surface area contributed by atoms with Gasteiger partial charge in [-0.2, -0.15) is 0 Å². The van der Waals surface area contributed by atoms with Crippen LogP contribution in [-0.2, 0) is 16.0 Å². The molecule has 0 bridgehead atoms. The molecule has 2 fully saturated rings. The van der Waals surface area contributed by atoms with E-state index < -0.39 is 0 Å². The van der Waals surface area contributed by atoms with Gasteiger partial charge in [0.15, 0.2) is 0 Å². The monoisotopic (exact) mass is 281 g/mol. The molecule has 1 N–H and O–H groups in total. The SMILES string of the molecule is Clc1ccccc1CNC1CCOC2(CCOC2)C1. The Labute approximate surface area is 119 Å². The zero-order valence-electron chi connectivity index (χ0n) is 11.0. The molecule has 0 amide bonds. The van der Waals surface area contributed by atoms with Gasteiger partial charge in [-0.3, -0.25) is 0 Å². The van der Waals surface area contributed by atoms with E-state index in [0.717, 1.165) is 56.2 Å². The zero-order valence-corrected chi connectivity index (χ0v) is 11.8. The quantitative estimate of drug-likeness (QED) is 0.924. The van der Waals surface area contributed by atoms with Gasteiger partial charge in [-0.25, -0.2) is 0 Å². The van der Waals surface area contributed by atoms with Crippen molar-refractivity contribution in [1.82, 2.24) is 5.32 Å². The summed E-state index contributed by atoms with van der Waals surface area (Å²) in [5.41, 5.74) is 1.13. The van der Waals surface area contributed by atoms with Crippen molar-refractivity contribution in [2.45, 2.75) is 37.5 Å². The molecule has 0 radical (unpaired) electrons. The number of benzene rings is 1. The van der Waals surface area contributed by atoms with Gasteiger partial charge in [-0.1, -0.05) is 29.8 Å². The predicted molar refractivity (Wildman–Crippen MR) is 75.4 cm³/mol. The molecule has 3 nitrogen and oxygen atoms in total. The van der Waals surface area contributed by atoms with Gasteiger partial charge in [0, 0.05) is 37.2 Å². The van der Waals surface area contributed by atoms with Crippen LogP contribution < -0.4 is 5.32 Å². The maximum atomic E-state index is 6.18. The summed E-state index contributed by atoms with van der Waals surface area (Å²) < 4.78 is 11.4. The topological polar surface area (TPSA) is 30.5 Å². The Bertz CT molecular complexity index is 432. The Hall–Kier alpha value is -0.610. The first-order valence-electron chi connectivity index (χ1n) is 6.96. The van der Waals surface area contributed by atoms with Crippen LogP contribution in [0.3, 0.4) is 0 Å². The summed E-state index contributed by atoms with van der Waals surface area (Å²) in [6, 6.07) is 8.49. The van der Waals surface area contributed by atoms with Gasteiger partial charge in [-0.05, 0) is 24.5 Å². The molecule has 2 saturated heterocycles. The summed E-state index contributed by atoms with van der Waals surface area (Å²) in [4.78, 5) is 0. The van der Waals surface area contributed by atoms with Crippen LogP contribution in [0.25, 0.3) is 0 Å². The van der Waals surface area contributed by atoms with E-state index >= 15 is 0 Å². The third-order valence-corrected chi connectivity index (χ3v) is 4.47. The summed E-state index contributed by atoms with van der Waals surface area (Å²) in [7, 11) is 0. The second-order valence-corrected chi connectivity index (χ2v) is 5.90. The summed E-state index contributed by atoms with van der Waals surface area (Å²) in [6.45, 7) is 3.22. The van der Waals surface area contributed by atoms with E-state index in [1.54, 1.807) is 0 Å². The van der Waals surface area contributed by atoms with Crippen LogP contribution >= 0.6 is 11.6 Å². The average molecular weight is 282 g/mol. The van der Waals surface area contributed by atoms with Crippen molar-refractivity contribution in [3.05, 3.63) is 34.9 Å². The van der Waals surface area contributed by atoms with E-state index in [1.165, 1.54) is 0 Å². The molecule has 1 aromatic carbocycles. The molecule has 19 heavy (non-hydrogen) atoms. The van der Waals surface area contributed by atoms with Crippen molar-refractivity contribution in [3.63, 3.8) is 0 Å². The first-order valence-corrected chi connectivity index (χ1v) is 7.34. The molecule has 2 heterocycles. The van der Waals surface area contributed by atoms with E-state index in [4.69, 9.17) is 21.1 Å². The maximum absolute atomic E-state index is 6.18. The minimum absolute atomic E-state index is 0.0314. The number of rotatable bonds is 3. The average Bonchev–Trinajstić information content (AvgIpc) is 2.86. The van der Waals surface area contributed by atoms with Gasteiger partial charge in [0.25, 0.3) is 0 Å². The highest BCUT2D eigenvalue weighted by molar-refractivity contribution is 6.31. The Balaban J connectivity index is 1.57. The van der Waals surface area contributed by atoms with E-state index in [2.05, 4.69) is 11.4 Å². The summed E-state index contributed by atoms with van der Waals surface area (Å²) in [5.74, 6) is 0. The summed E-state index contributed by atoms with van der Waals surface area (Å²) >= 11 is 6.18. The standard InChI is InChI=1S/C15H20ClNO2/c16-14-4-2-1-3-12(14)10-17-13-5-7-19-15(9-13)6-8-18-11-15/h1-4,13,17H,5-11H2. The molecule has 2 aliphatic rings. The van der Waals surface area contributed by atoms with Crippen molar-refractivity contribution in [2.24, 2.45) is 0 Å². The third kappa shape index (κ3) is 3.11. The molecule has 2 aliphatic heterocycles. The van der Waals surface area contributed by atoms with Crippen LogP contribution in [-0.4, -0.2) is 31.5 Å². The van der Waals surface area contributed by atoms with Gasteiger partial charge in [0.2, 0.25) is 0 Å². The molecule has 0 aromatic heterocycles. The Morgan fingerprint density at radius 2 is 2.21 bits per heavy atom. The van der Waals surface area contributed by atoms with E-state index in [0.29, 0.717) is 6.04 Å². The van der Waals surface area contributed by atoms with Crippen molar-refractivity contribution < 1.29 is 9.47 Å². The first-order chi connectivity index (χ1) is 9.27. The smallest absolute Gasteiger partial charge is 0.0951 e. The lowest BCUT2D eigenvalue weighted by Gasteiger charge is -2.37. The number of hydrogen-bond donors (Lipinski definition) is 1. The summed E-state index contributed by atoms with van der Waals surface area (Å²) in [5, 5.41) is 4.44. The fourth-order valence-electron chi connectivity index (χ4n) is 2.96. The van der Waals surface area contributed by atoms with Gasteiger partial charge in [0.1, 0.15) is 0 Å². The molecule has 0 saturated carbocycles. The van der Waals surface area contributed by atoms with Crippen LogP contribution in [0.5, 0.6) is 0 Å². The van der Waals surface area contributed by atoms with Gasteiger partial charge >= 0.3 is 0 Å². The van der Waals surface area contributed by atoms with Crippen LogP contribution in [0.1, 0.15) is 24.8 Å². The minimum Gasteiger partial charge on any atom is -0.378 e. The highest BCUT2D eigenvalue weighted by atomic mass is 35.5. The van der Waals surface area contributed by atoms with Crippen molar-refractivity contribution in [3.8, 4) is 0 Å². The molecular weight excluding hydrogens is 262 g/mol. The number of hydrogen-bond acceptors (Lipinski definition) is 3. The molecule has 1 spiro atoms. The molecule has 3 rings (SSSR count). The van der Waals surface area contributed by atoms with Crippen molar-refractivity contribution in [1.29, 1.82) is 0 Å². The molecular formula is C15H20ClNO2. The largest absolute Gasteiger partial charge is 0.378 e. The third-order valence-electron chi connectivity index (χ3n) is 4.10. The van der Waals surface area contributed by atoms with Gasteiger partial charge < -0.3 is 14.8 Å². The highest BCUT2D eigenvalue weighted by Crippen LogP contribution is 2.33. The normalized spacial score (nSPS) is 30.9. The Kier molecular flexibility index (Phi) is 4.08. The second kappa shape index (κ2) is 5.80. The lowest BCUT2D eigenvalue weighted by molar-refractivity contribution is -0.0894. The van der Waals surface area contributed by atoms with Crippen molar-refractivity contribution in [2.75, 3.05) is 19.8 Å². The van der Waals surface area contributed by atoms with Crippen LogP contribution in [0.2, 0.25) is 5.02 Å². The highest BCUT2D eigenvalue weighted by Gasteiger charge is 2.40. The Morgan fingerprint density at radius 3 is 3.00 bits per heavy atom. The fraction of sp³-hybridized carbons (Fsp3) is 0.600. The van der Waals surface area contributed by atoms with E-state index in [9.17, 15) is 0 Å². The number of nitrogens with one attached hydrogen (secondary N) is 1. The Morgan fingerprint density at radius 1 is 1.32 bits per heavy atom. The fourth-order valence-corrected chi connectivity index (χ4v) is 3.16. The molecule has 0 aliphatic carbocycles. The number of halogens is 1. The maximum Gasteiger partial charge on any atom is 0.0951 e. The van der Waals surface area contributed by atoms with E-state index in [1.807, 2.05) is 18.2 Å². The van der Waals surface area contributed by atoms with Crippen molar-refractivity contribution >= 4 is 11.6 Å². The number of ether oxygens (including phenoxy) is 2. The lowest BCUT2D eigenvalue weighted by atomic mass is 9.89. The molecule has 4 heteroatoms. The van der Waals surface area contributed by atoms with Crippen LogP contribution in [0.4, 0.5) is 0 Å². The molecule has 1 aromatic rings. The molecule has 2 atom stereocenters. The predicted octanol–water partition coefficient (Wildman–Crippen LogP) is 2.77. The first kappa shape index (κ1) is 13.4. The zero-order chi connectivity index (χ0) is 13.1. The minimum atomic E-state index is -0.0314. The summed E-state index contributed by atoms with van der Waals surface area (Å²) in [6.07, 6.45) is 3.13. The lowest BCUT2D eigenvalue weighted by Crippen LogP contribution is -2.47. The molecule has 104 valence electrons. The van der Waals surface area contributed by atoms with Gasteiger partial charge in [0.05, 0.1) is 12.2 Å².